The predicted molar refractivity (Wildman–Crippen MR) is 74.8 cm³/mol. The third-order valence-electron chi connectivity index (χ3n) is 2.99. The van der Waals surface area contributed by atoms with Crippen LogP contribution in [0.3, 0.4) is 0 Å². The maximum atomic E-state index is 8.78. The minimum absolute atomic E-state index is 0.168. The summed E-state index contributed by atoms with van der Waals surface area (Å²) in [4.78, 5) is 26.4. The Labute approximate surface area is 107 Å². The Hall–Kier alpha value is 0.310. The second kappa shape index (κ2) is 10.3. The Morgan fingerprint density at radius 2 is 1.12 bits per heavy atom. The van der Waals surface area contributed by atoms with Gasteiger partial charge in [0, 0.05) is 0 Å². The summed E-state index contributed by atoms with van der Waals surface area (Å²) in [6.45, 7) is 4.54. The summed E-state index contributed by atoms with van der Waals surface area (Å²) >= 11 is 0. The SMILES string of the molecule is CC(C)CCCCCCCCCC[P+](O)(O)O. The van der Waals surface area contributed by atoms with E-state index in [1.165, 1.54) is 38.5 Å². The van der Waals surface area contributed by atoms with Crippen LogP contribution in [0.2, 0.25) is 0 Å². The average molecular weight is 265 g/mol. The van der Waals surface area contributed by atoms with Crippen LogP contribution in [-0.4, -0.2) is 20.8 Å². The first-order valence-corrected chi connectivity index (χ1v) is 8.81. The van der Waals surface area contributed by atoms with Crippen molar-refractivity contribution in [2.45, 2.75) is 71.6 Å². The third-order valence-corrected chi connectivity index (χ3v) is 3.91. The first kappa shape index (κ1) is 17.3. The lowest BCUT2D eigenvalue weighted by Gasteiger charge is -2.05. The third kappa shape index (κ3) is 16.3. The molecule has 0 amide bonds. The second-order valence-corrected chi connectivity index (χ2v) is 7.26. The topological polar surface area (TPSA) is 60.7 Å². The molecule has 0 saturated carbocycles. The maximum absolute atomic E-state index is 8.78. The van der Waals surface area contributed by atoms with Crippen molar-refractivity contribution in [1.29, 1.82) is 0 Å². The van der Waals surface area contributed by atoms with E-state index in [0.717, 1.165) is 25.2 Å². The lowest BCUT2D eigenvalue weighted by atomic mass is 10.0. The van der Waals surface area contributed by atoms with Gasteiger partial charge < -0.3 is 0 Å². The van der Waals surface area contributed by atoms with Gasteiger partial charge in [-0.3, -0.25) is 0 Å². The number of hydrogen-bond donors (Lipinski definition) is 3. The fourth-order valence-corrected chi connectivity index (χ4v) is 2.59. The van der Waals surface area contributed by atoms with Crippen LogP contribution in [0.1, 0.15) is 71.6 Å². The van der Waals surface area contributed by atoms with E-state index in [1.54, 1.807) is 0 Å². The zero-order valence-corrected chi connectivity index (χ0v) is 12.3. The number of hydrogen-bond acceptors (Lipinski definition) is 3. The minimum atomic E-state index is -3.50. The van der Waals surface area contributed by atoms with E-state index in [2.05, 4.69) is 13.8 Å². The molecule has 0 aliphatic heterocycles. The zero-order valence-electron chi connectivity index (χ0n) is 11.4. The van der Waals surface area contributed by atoms with Gasteiger partial charge in [-0.15, -0.1) is 0 Å². The summed E-state index contributed by atoms with van der Waals surface area (Å²) < 4.78 is 0. The summed E-state index contributed by atoms with van der Waals surface area (Å²) in [7, 11) is -3.50. The molecular weight excluding hydrogens is 235 g/mol. The molecule has 4 heteroatoms. The highest BCUT2D eigenvalue weighted by molar-refractivity contribution is 7.58. The Morgan fingerprint density at radius 1 is 0.706 bits per heavy atom. The summed E-state index contributed by atoms with van der Waals surface area (Å²) in [6.07, 6.45) is 10.9. The molecule has 0 aliphatic carbocycles. The van der Waals surface area contributed by atoms with E-state index in [4.69, 9.17) is 14.7 Å². The van der Waals surface area contributed by atoms with Crippen molar-refractivity contribution in [2.75, 3.05) is 6.16 Å². The molecule has 0 aromatic heterocycles. The highest BCUT2D eigenvalue weighted by Gasteiger charge is 2.27. The van der Waals surface area contributed by atoms with Crippen LogP contribution in [0.4, 0.5) is 0 Å². The van der Waals surface area contributed by atoms with Crippen molar-refractivity contribution in [3.05, 3.63) is 0 Å². The average Bonchev–Trinajstić information content (AvgIpc) is 2.18. The summed E-state index contributed by atoms with van der Waals surface area (Å²) in [5, 5.41) is 0. The normalized spacial score (nSPS) is 12.4. The largest absolute Gasteiger partial charge is 0.403 e. The van der Waals surface area contributed by atoms with Crippen molar-refractivity contribution in [3.63, 3.8) is 0 Å². The standard InChI is InChI=1S/C13H30O3P/c1-13(2)11-9-7-5-3-4-6-8-10-12-17(14,15)16/h13-16H,3-12H2,1-2H3/q+1. The summed E-state index contributed by atoms with van der Waals surface area (Å²) in [5.41, 5.74) is 0. The second-order valence-electron chi connectivity index (χ2n) is 5.43. The molecular formula is C13H30O3P+. The van der Waals surface area contributed by atoms with Crippen molar-refractivity contribution in [1.82, 2.24) is 0 Å². The van der Waals surface area contributed by atoms with Gasteiger partial charge in [0.05, 0.1) is 0 Å². The van der Waals surface area contributed by atoms with Gasteiger partial charge in [-0.25, -0.2) is 0 Å². The van der Waals surface area contributed by atoms with Gasteiger partial charge in [-0.2, -0.15) is 14.7 Å². The van der Waals surface area contributed by atoms with Crippen molar-refractivity contribution in [3.8, 4) is 0 Å². The van der Waals surface area contributed by atoms with E-state index in [9.17, 15) is 0 Å². The van der Waals surface area contributed by atoms with Gasteiger partial charge in [-0.05, 0) is 18.8 Å². The highest BCUT2D eigenvalue weighted by atomic mass is 31.2. The molecule has 0 spiro atoms. The van der Waals surface area contributed by atoms with Crippen molar-refractivity contribution < 1.29 is 14.7 Å². The molecule has 0 aromatic rings. The van der Waals surface area contributed by atoms with E-state index >= 15 is 0 Å². The van der Waals surface area contributed by atoms with Gasteiger partial charge in [0.1, 0.15) is 6.16 Å². The van der Waals surface area contributed by atoms with E-state index in [1.807, 2.05) is 0 Å². The fourth-order valence-electron chi connectivity index (χ4n) is 1.94. The Bertz CT molecular complexity index is 167. The number of rotatable bonds is 11. The molecule has 0 bridgehead atoms. The molecule has 0 rings (SSSR count). The van der Waals surface area contributed by atoms with Crippen LogP contribution in [0.15, 0.2) is 0 Å². The molecule has 0 fully saturated rings. The Balaban J connectivity index is 3.04. The molecule has 0 aliphatic rings. The van der Waals surface area contributed by atoms with Crippen LogP contribution >= 0.6 is 7.94 Å². The number of unbranched alkanes of at least 4 members (excludes halogenated alkanes) is 7. The smallest absolute Gasteiger partial charge is 0.193 e. The highest BCUT2D eigenvalue weighted by Crippen LogP contribution is 2.45. The van der Waals surface area contributed by atoms with Gasteiger partial charge in [0.2, 0.25) is 0 Å². The van der Waals surface area contributed by atoms with Gasteiger partial charge >= 0.3 is 7.94 Å². The summed E-state index contributed by atoms with van der Waals surface area (Å²) in [6, 6.07) is 0. The van der Waals surface area contributed by atoms with E-state index < -0.39 is 7.94 Å². The van der Waals surface area contributed by atoms with Crippen LogP contribution in [0.25, 0.3) is 0 Å². The molecule has 0 saturated heterocycles. The summed E-state index contributed by atoms with van der Waals surface area (Å²) in [5.74, 6) is 0.828. The molecule has 0 unspecified atom stereocenters. The quantitative estimate of drug-likeness (QED) is 0.392. The van der Waals surface area contributed by atoms with Gasteiger partial charge in [-0.1, -0.05) is 58.8 Å². The molecule has 0 radical (unpaired) electrons. The lowest BCUT2D eigenvalue weighted by molar-refractivity contribution is 0.328. The van der Waals surface area contributed by atoms with Crippen LogP contribution in [0, 0.1) is 5.92 Å². The van der Waals surface area contributed by atoms with Crippen LogP contribution < -0.4 is 0 Å². The maximum Gasteiger partial charge on any atom is 0.403 e. The molecule has 0 atom stereocenters. The van der Waals surface area contributed by atoms with E-state index in [-0.39, 0.29) is 6.16 Å². The molecule has 104 valence electrons. The van der Waals surface area contributed by atoms with Crippen molar-refractivity contribution >= 4 is 7.94 Å². The first-order valence-electron chi connectivity index (χ1n) is 6.98. The molecule has 0 heterocycles. The Morgan fingerprint density at radius 3 is 1.53 bits per heavy atom. The van der Waals surface area contributed by atoms with Gasteiger partial charge in [0.15, 0.2) is 0 Å². The minimum Gasteiger partial charge on any atom is -0.193 e. The lowest BCUT2D eigenvalue weighted by Crippen LogP contribution is -1.95. The van der Waals surface area contributed by atoms with Crippen LogP contribution in [-0.2, 0) is 0 Å². The van der Waals surface area contributed by atoms with Gasteiger partial charge in [0.25, 0.3) is 0 Å². The molecule has 3 N–H and O–H groups in total. The Kier molecular flexibility index (Phi) is 10.4. The fraction of sp³-hybridized carbons (Fsp3) is 1.00. The molecule has 17 heavy (non-hydrogen) atoms. The monoisotopic (exact) mass is 265 g/mol. The first-order chi connectivity index (χ1) is 7.92. The predicted octanol–water partition coefficient (Wildman–Crippen LogP) is 3.89. The molecule has 3 nitrogen and oxygen atoms in total. The van der Waals surface area contributed by atoms with Crippen LogP contribution in [0.5, 0.6) is 0 Å². The van der Waals surface area contributed by atoms with Crippen molar-refractivity contribution in [2.24, 2.45) is 5.92 Å². The molecule has 0 aromatic carbocycles. The van der Waals surface area contributed by atoms with E-state index in [0.29, 0.717) is 0 Å². The zero-order chi connectivity index (χ0) is 13.1.